The van der Waals surface area contributed by atoms with Crippen LogP contribution < -0.4 is 10.6 Å². The number of hydrogen-bond donors (Lipinski definition) is 2. The van der Waals surface area contributed by atoms with Gasteiger partial charge in [0.1, 0.15) is 0 Å². The van der Waals surface area contributed by atoms with Gasteiger partial charge in [0.2, 0.25) is 0 Å². The zero-order valence-electron chi connectivity index (χ0n) is 8.82. The van der Waals surface area contributed by atoms with Gasteiger partial charge in [-0.1, -0.05) is 26.2 Å². The van der Waals surface area contributed by atoms with Crippen molar-refractivity contribution in [1.82, 2.24) is 10.6 Å². The Hall–Kier alpha value is -0.0800. The van der Waals surface area contributed by atoms with Gasteiger partial charge in [0.25, 0.3) is 0 Å². The third kappa shape index (κ3) is 6.62. The summed E-state index contributed by atoms with van der Waals surface area (Å²) >= 11 is 0. The summed E-state index contributed by atoms with van der Waals surface area (Å²) in [5, 5.41) is 6.23. The maximum absolute atomic E-state index is 3.30. The van der Waals surface area contributed by atoms with Crippen molar-refractivity contribution >= 4 is 0 Å². The number of hydrogen-bond acceptors (Lipinski definition) is 2. The third-order valence-corrected chi connectivity index (χ3v) is 2.37. The molecular formula is C10H24N2. The van der Waals surface area contributed by atoms with Gasteiger partial charge in [-0.3, -0.25) is 0 Å². The van der Waals surface area contributed by atoms with Crippen LogP contribution in [-0.2, 0) is 0 Å². The molecule has 1 aliphatic carbocycles. The molecule has 0 bridgehead atoms. The standard InChI is InChI=1S/C7H15N.C3H9N/c1-8-7-5-3-2-4-6-7;1-3-4-2/h7-8H,2-6H2,1H3;4H,3H2,1-2H3. The fourth-order valence-corrected chi connectivity index (χ4v) is 1.39. The molecule has 0 aromatic carbocycles. The molecule has 12 heavy (non-hydrogen) atoms. The molecule has 0 saturated heterocycles. The molecule has 0 aromatic rings. The Kier molecular flexibility index (Phi) is 8.95. The van der Waals surface area contributed by atoms with E-state index in [9.17, 15) is 0 Å². The lowest BCUT2D eigenvalue weighted by Crippen LogP contribution is -2.26. The predicted molar refractivity (Wildman–Crippen MR) is 55.5 cm³/mol. The van der Waals surface area contributed by atoms with Gasteiger partial charge in [-0.15, -0.1) is 0 Å². The second-order valence-corrected chi connectivity index (χ2v) is 3.33. The summed E-state index contributed by atoms with van der Waals surface area (Å²) < 4.78 is 0. The van der Waals surface area contributed by atoms with Crippen LogP contribution >= 0.6 is 0 Å². The Morgan fingerprint density at radius 2 is 1.58 bits per heavy atom. The first-order valence-corrected chi connectivity index (χ1v) is 5.17. The molecule has 0 unspecified atom stereocenters. The van der Waals surface area contributed by atoms with E-state index in [1.54, 1.807) is 0 Å². The maximum atomic E-state index is 3.30. The highest BCUT2D eigenvalue weighted by Crippen LogP contribution is 2.16. The molecule has 0 aliphatic heterocycles. The average Bonchev–Trinajstić information content (AvgIpc) is 2.19. The van der Waals surface area contributed by atoms with Gasteiger partial charge < -0.3 is 10.6 Å². The Labute approximate surface area is 77.1 Å². The van der Waals surface area contributed by atoms with Crippen LogP contribution in [0.1, 0.15) is 39.0 Å². The minimum atomic E-state index is 0.837. The van der Waals surface area contributed by atoms with E-state index in [-0.39, 0.29) is 0 Å². The van der Waals surface area contributed by atoms with Crippen LogP contribution in [0.5, 0.6) is 0 Å². The van der Waals surface area contributed by atoms with Crippen molar-refractivity contribution in [3.8, 4) is 0 Å². The fourth-order valence-electron chi connectivity index (χ4n) is 1.39. The lowest BCUT2D eigenvalue weighted by molar-refractivity contribution is 0.394. The van der Waals surface area contributed by atoms with Crippen molar-refractivity contribution in [2.24, 2.45) is 0 Å². The predicted octanol–water partition coefficient (Wildman–Crippen LogP) is 1.76. The van der Waals surface area contributed by atoms with Crippen molar-refractivity contribution in [3.63, 3.8) is 0 Å². The first kappa shape index (κ1) is 11.9. The second-order valence-electron chi connectivity index (χ2n) is 3.33. The molecule has 2 nitrogen and oxygen atoms in total. The van der Waals surface area contributed by atoms with Crippen LogP contribution in [0.15, 0.2) is 0 Å². The van der Waals surface area contributed by atoms with E-state index in [1.807, 2.05) is 7.05 Å². The van der Waals surface area contributed by atoms with Gasteiger partial charge in [0.05, 0.1) is 0 Å². The van der Waals surface area contributed by atoms with Crippen molar-refractivity contribution < 1.29 is 0 Å². The summed E-state index contributed by atoms with van der Waals surface area (Å²) in [6.07, 6.45) is 7.13. The summed E-state index contributed by atoms with van der Waals surface area (Å²) in [5.74, 6) is 0. The first-order valence-electron chi connectivity index (χ1n) is 5.17. The van der Waals surface area contributed by atoms with Gasteiger partial charge in [-0.2, -0.15) is 0 Å². The van der Waals surface area contributed by atoms with E-state index in [4.69, 9.17) is 0 Å². The van der Waals surface area contributed by atoms with Crippen LogP contribution in [0.4, 0.5) is 0 Å². The fraction of sp³-hybridized carbons (Fsp3) is 1.00. The van der Waals surface area contributed by atoms with Gasteiger partial charge >= 0.3 is 0 Å². The molecule has 0 radical (unpaired) electrons. The van der Waals surface area contributed by atoms with E-state index in [0.29, 0.717) is 0 Å². The Morgan fingerprint density at radius 3 is 1.83 bits per heavy atom. The Morgan fingerprint density at radius 1 is 1.08 bits per heavy atom. The van der Waals surface area contributed by atoms with Crippen LogP contribution in [0.3, 0.4) is 0 Å². The molecule has 0 amide bonds. The Bertz CT molecular complexity index is 75.9. The van der Waals surface area contributed by atoms with E-state index in [1.165, 1.54) is 32.1 Å². The SMILES string of the molecule is CCNC.CNC1CCCCC1. The highest BCUT2D eigenvalue weighted by molar-refractivity contribution is 4.68. The number of nitrogens with one attached hydrogen (secondary N) is 2. The van der Waals surface area contributed by atoms with Gasteiger partial charge in [0.15, 0.2) is 0 Å². The summed E-state index contributed by atoms with van der Waals surface area (Å²) in [5.41, 5.74) is 0. The smallest absolute Gasteiger partial charge is 0.00640 e. The molecule has 2 heteroatoms. The first-order chi connectivity index (χ1) is 5.85. The molecule has 0 atom stereocenters. The minimum absolute atomic E-state index is 0.837. The maximum Gasteiger partial charge on any atom is 0.00640 e. The lowest BCUT2D eigenvalue weighted by atomic mass is 9.96. The topological polar surface area (TPSA) is 24.1 Å². The van der Waals surface area contributed by atoms with Crippen molar-refractivity contribution in [1.29, 1.82) is 0 Å². The molecule has 1 saturated carbocycles. The van der Waals surface area contributed by atoms with E-state index < -0.39 is 0 Å². The molecule has 1 aliphatic rings. The van der Waals surface area contributed by atoms with Gasteiger partial charge in [-0.25, -0.2) is 0 Å². The highest BCUT2D eigenvalue weighted by atomic mass is 14.9. The summed E-state index contributed by atoms with van der Waals surface area (Å²) in [7, 11) is 4.00. The normalized spacial score (nSPS) is 18.2. The minimum Gasteiger partial charge on any atom is -0.320 e. The summed E-state index contributed by atoms with van der Waals surface area (Å²) in [6, 6.07) is 0.837. The highest BCUT2D eigenvalue weighted by Gasteiger charge is 2.09. The van der Waals surface area contributed by atoms with Crippen molar-refractivity contribution in [3.05, 3.63) is 0 Å². The zero-order valence-corrected chi connectivity index (χ0v) is 8.82. The lowest BCUT2D eigenvalue weighted by Gasteiger charge is -2.20. The molecule has 0 heterocycles. The quantitative estimate of drug-likeness (QED) is 0.663. The molecule has 1 rings (SSSR count). The summed E-state index contributed by atoms with van der Waals surface area (Å²) in [6.45, 7) is 3.14. The molecule has 2 N–H and O–H groups in total. The summed E-state index contributed by atoms with van der Waals surface area (Å²) in [4.78, 5) is 0. The Balaban J connectivity index is 0.000000261. The van der Waals surface area contributed by atoms with E-state index in [2.05, 4.69) is 24.6 Å². The largest absolute Gasteiger partial charge is 0.320 e. The second kappa shape index (κ2) is 9.01. The molecule has 1 fully saturated rings. The van der Waals surface area contributed by atoms with Crippen LogP contribution in [0.2, 0.25) is 0 Å². The van der Waals surface area contributed by atoms with Crippen molar-refractivity contribution in [2.45, 2.75) is 45.1 Å². The van der Waals surface area contributed by atoms with Gasteiger partial charge in [0, 0.05) is 6.04 Å². The van der Waals surface area contributed by atoms with E-state index >= 15 is 0 Å². The van der Waals surface area contributed by atoms with Crippen molar-refractivity contribution in [2.75, 3.05) is 20.6 Å². The van der Waals surface area contributed by atoms with Crippen LogP contribution in [0, 0.1) is 0 Å². The van der Waals surface area contributed by atoms with Crippen LogP contribution in [0.25, 0.3) is 0 Å². The van der Waals surface area contributed by atoms with Gasteiger partial charge in [-0.05, 0) is 33.5 Å². The average molecular weight is 172 g/mol. The van der Waals surface area contributed by atoms with E-state index in [0.717, 1.165) is 12.6 Å². The zero-order chi connectivity index (χ0) is 9.23. The monoisotopic (exact) mass is 172 g/mol. The van der Waals surface area contributed by atoms with Crippen LogP contribution in [-0.4, -0.2) is 26.7 Å². The third-order valence-electron chi connectivity index (χ3n) is 2.37. The molecule has 0 aromatic heterocycles. The number of rotatable bonds is 2. The molecule has 74 valence electrons. The molecule has 0 spiro atoms. The molecular weight excluding hydrogens is 148 g/mol.